The van der Waals surface area contributed by atoms with Crippen molar-refractivity contribution >= 4 is 23.5 Å². The van der Waals surface area contributed by atoms with E-state index < -0.39 is 0 Å². The van der Waals surface area contributed by atoms with Gasteiger partial charge in [0.25, 0.3) is 0 Å². The molecule has 2 aliphatic rings. The summed E-state index contributed by atoms with van der Waals surface area (Å²) in [5.41, 5.74) is 0. The normalized spacial score (nSPS) is 17.7. The van der Waals surface area contributed by atoms with Crippen LogP contribution in [0.25, 0.3) is 5.82 Å². The van der Waals surface area contributed by atoms with Crippen LogP contribution in [0.3, 0.4) is 0 Å². The molecular formula is C16H18N8O3. The van der Waals surface area contributed by atoms with Gasteiger partial charge in [-0.05, 0) is 0 Å². The minimum Gasteiger partial charge on any atom is -0.353 e. The topological polar surface area (TPSA) is 117 Å². The Balaban J connectivity index is 1.36. The van der Waals surface area contributed by atoms with Gasteiger partial charge in [-0.3, -0.25) is 19.3 Å². The molecule has 2 aromatic heterocycles. The molecule has 140 valence electrons. The van der Waals surface area contributed by atoms with Crippen molar-refractivity contribution in [2.75, 3.05) is 37.6 Å². The van der Waals surface area contributed by atoms with E-state index in [1.54, 1.807) is 15.9 Å². The SMILES string of the molecule is O=C(CN1C(=O)CCC1=O)N1CCN(c2cc(-n3cncn3)ncn2)CC1. The Bertz CT molecular complexity index is 844. The molecule has 0 atom stereocenters. The fraction of sp³-hybridized carbons (Fsp3) is 0.438. The number of nitrogens with zero attached hydrogens (tertiary/aromatic N) is 8. The summed E-state index contributed by atoms with van der Waals surface area (Å²) in [6.07, 6.45) is 4.85. The Morgan fingerprint density at radius 1 is 0.963 bits per heavy atom. The van der Waals surface area contributed by atoms with Crippen LogP contribution in [0.4, 0.5) is 5.82 Å². The third-order valence-electron chi connectivity index (χ3n) is 4.70. The molecule has 2 fully saturated rings. The van der Waals surface area contributed by atoms with Crippen molar-refractivity contribution in [2.45, 2.75) is 12.8 Å². The first-order chi connectivity index (χ1) is 13.1. The molecule has 0 saturated carbocycles. The zero-order valence-corrected chi connectivity index (χ0v) is 14.6. The quantitative estimate of drug-likeness (QED) is 0.620. The van der Waals surface area contributed by atoms with Crippen LogP contribution >= 0.6 is 0 Å². The largest absolute Gasteiger partial charge is 0.353 e. The fourth-order valence-electron chi connectivity index (χ4n) is 3.18. The molecule has 11 nitrogen and oxygen atoms in total. The van der Waals surface area contributed by atoms with E-state index in [-0.39, 0.29) is 37.1 Å². The monoisotopic (exact) mass is 370 g/mol. The molecule has 11 heteroatoms. The molecule has 2 aliphatic heterocycles. The van der Waals surface area contributed by atoms with Crippen LogP contribution in [-0.4, -0.2) is 85.0 Å². The first-order valence-corrected chi connectivity index (χ1v) is 8.65. The van der Waals surface area contributed by atoms with Crippen LogP contribution in [0, 0.1) is 0 Å². The average Bonchev–Trinajstić information content (AvgIpc) is 3.34. The number of amides is 3. The van der Waals surface area contributed by atoms with Gasteiger partial charge in [-0.15, -0.1) is 0 Å². The molecule has 0 bridgehead atoms. The van der Waals surface area contributed by atoms with E-state index in [1.165, 1.54) is 12.7 Å². The number of likely N-dealkylation sites (tertiary alicyclic amines) is 1. The standard InChI is InChI=1S/C16H18N8O3/c25-14-1-2-15(26)23(14)8-16(27)22-5-3-21(4-6-22)12-7-13(19-10-18-12)24-11-17-9-20-24/h7,9-11H,1-6,8H2. The summed E-state index contributed by atoms with van der Waals surface area (Å²) in [7, 11) is 0. The molecule has 0 radical (unpaired) electrons. The number of carbonyl (C=O) groups is 3. The predicted octanol–water partition coefficient (Wildman–Crippen LogP) is -1.15. The average molecular weight is 370 g/mol. The summed E-state index contributed by atoms with van der Waals surface area (Å²) in [6.45, 7) is 2.03. The second-order valence-corrected chi connectivity index (χ2v) is 6.32. The van der Waals surface area contributed by atoms with E-state index in [2.05, 4.69) is 25.0 Å². The van der Waals surface area contributed by atoms with Crippen LogP contribution in [0.15, 0.2) is 25.0 Å². The molecule has 2 aromatic rings. The van der Waals surface area contributed by atoms with Crippen molar-refractivity contribution in [1.29, 1.82) is 0 Å². The highest BCUT2D eigenvalue weighted by Crippen LogP contribution is 2.16. The molecule has 0 aromatic carbocycles. The number of aromatic nitrogens is 5. The molecule has 27 heavy (non-hydrogen) atoms. The smallest absolute Gasteiger partial charge is 0.242 e. The maximum Gasteiger partial charge on any atom is 0.242 e. The number of imide groups is 1. The molecule has 0 unspecified atom stereocenters. The van der Waals surface area contributed by atoms with E-state index in [4.69, 9.17) is 0 Å². The Labute approximate surface area is 154 Å². The van der Waals surface area contributed by atoms with E-state index in [1.807, 2.05) is 6.07 Å². The van der Waals surface area contributed by atoms with Crippen LogP contribution in [0.5, 0.6) is 0 Å². The molecule has 0 aliphatic carbocycles. The van der Waals surface area contributed by atoms with Crippen molar-refractivity contribution < 1.29 is 14.4 Å². The highest BCUT2D eigenvalue weighted by molar-refractivity contribution is 6.04. The minimum absolute atomic E-state index is 0.165. The Morgan fingerprint density at radius 2 is 1.67 bits per heavy atom. The van der Waals surface area contributed by atoms with Gasteiger partial charge in [0.05, 0.1) is 0 Å². The highest BCUT2D eigenvalue weighted by Gasteiger charge is 2.32. The lowest BCUT2D eigenvalue weighted by molar-refractivity contribution is -0.145. The highest BCUT2D eigenvalue weighted by atomic mass is 16.2. The summed E-state index contributed by atoms with van der Waals surface area (Å²) in [4.78, 5) is 52.9. The van der Waals surface area contributed by atoms with Gasteiger partial charge in [-0.1, -0.05) is 0 Å². The van der Waals surface area contributed by atoms with Gasteiger partial charge in [0, 0.05) is 45.1 Å². The number of carbonyl (C=O) groups excluding carboxylic acids is 3. The van der Waals surface area contributed by atoms with Crippen molar-refractivity contribution in [3.05, 3.63) is 25.0 Å². The summed E-state index contributed by atoms with van der Waals surface area (Å²) in [5.74, 6) is 0.612. The second-order valence-electron chi connectivity index (χ2n) is 6.32. The van der Waals surface area contributed by atoms with Crippen molar-refractivity contribution in [2.24, 2.45) is 0 Å². The molecule has 3 amide bonds. The van der Waals surface area contributed by atoms with Crippen LogP contribution in [0.2, 0.25) is 0 Å². The first-order valence-electron chi connectivity index (χ1n) is 8.65. The lowest BCUT2D eigenvalue weighted by atomic mass is 10.3. The Hall–Kier alpha value is -3.37. The molecule has 2 saturated heterocycles. The second kappa shape index (κ2) is 7.09. The molecule has 0 spiro atoms. The third kappa shape index (κ3) is 3.48. The summed E-state index contributed by atoms with van der Waals surface area (Å²) in [5, 5.41) is 4.05. The summed E-state index contributed by atoms with van der Waals surface area (Å²) < 4.78 is 1.55. The van der Waals surface area contributed by atoms with Gasteiger partial charge in [0.15, 0.2) is 5.82 Å². The maximum absolute atomic E-state index is 12.4. The predicted molar refractivity (Wildman–Crippen MR) is 91.7 cm³/mol. The van der Waals surface area contributed by atoms with Crippen molar-refractivity contribution in [3.8, 4) is 5.82 Å². The lowest BCUT2D eigenvalue weighted by Crippen LogP contribution is -2.52. The number of hydrogen-bond acceptors (Lipinski definition) is 8. The van der Waals surface area contributed by atoms with Gasteiger partial charge < -0.3 is 9.80 Å². The number of piperazine rings is 1. The zero-order valence-electron chi connectivity index (χ0n) is 14.6. The molecule has 4 rings (SSSR count). The zero-order chi connectivity index (χ0) is 18.8. The summed E-state index contributed by atoms with van der Waals surface area (Å²) >= 11 is 0. The van der Waals surface area contributed by atoms with E-state index in [0.717, 1.165) is 10.7 Å². The van der Waals surface area contributed by atoms with Crippen molar-refractivity contribution in [3.63, 3.8) is 0 Å². The first kappa shape index (κ1) is 17.1. The Morgan fingerprint density at radius 3 is 2.33 bits per heavy atom. The minimum atomic E-state index is -0.270. The van der Waals surface area contributed by atoms with E-state index in [0.29, 0.717) is 32.0 Å². The molecule has 0 N–H and O–H groups in total. The van der Waals surface area contributed by atoms with Crippen LogP contribution in [0.1, 0.15) is 12.8 Å². The van der Waals surface area contributed by atoms with Crippen LogP contribution < -0.4 is 4.90 Å². The maximum atomic E-state index is 12.4. The van der Waals surface area contributed by atoms with Crippen LogP contribution in [-0.2, 0) is 14.4 Å². The molecular weight excluding hydrogens is 352 g/mol. The molecule has 4 heterocycles. The third-order valence-corrected chi connectivity index (χ3v) is 4.70. The number of anilines is 1. The summed E-state index contributed by atoms with van der Waals surface area (Å²) in [6, 6.07) is 1.81. The van der Waals surface area contributed by atoms with Crippen molar-refractivity contribution in [1.82, 2.24) is 34.5 Å². The number of rotatable bonds is 4. The van der Waals surface area contributed by atoms with E-state index >= 15 is 0 Å². The number of hydrogen-bond donors (Lipinski definition) is 0. The Kier molecular flexibility index (Phi) is 4.48. The van der Waals surface area contributed by atoms with Gasteiger partial charge in [0.1, 0.15) is 31.3 Å². The van der Waals surface area contributed by atoms with Gasteiger partial charge in [0.2, 0.25) is 17.7 Å². The fourth-order valence-corrected chi connectivity index (χ4v) is 3.18. The van der Waals surface area contributed by atoms with E-state index in [9.17, 15) is 14.4 Å². The lowest BCUT2D eigenvalue weighted by Gasteiger charge is -2.35. The van der Waals surface area contributed by atoms with Gasteiger partial charge in [-0.2, -0.15) is 5.10 Å². The van der Waals surface area contributed by atoms with Gasteiger partial charge in [-0.25, -0.2) is 19.6 Å². The van der Waals surface area contributed by atoms with Gasteiger partial charge >= 0.3 is 0 Å².